The van der Waals surface area contributed by atoms with Crippen LogP contribution in [0.4, 0.5) is 4.79 Å². The standard InChI is InChI=1S/C12H19NO3/c1-11(2,3)16-10(15)13-7-5-12(4,9-14)6-8-13/h5-8,14H,9H2,1-4H3. The molecule has 4 nitrogen and oxygen atoms in total. The summed E-state index contributed by atoms with van der Waals surface area (Å²) in [5.41, 5.74) is -0.894. The number of rotatable bonds is 1. The number of ether oxygens (including phenoxy) is 1. The third kappa shape index (κ3) is 3.38. The van der Waals surface area contributed by atoms with Crippen molar-refractivity contribution in [2.45, 2.75) is 33.3 Å². The topological polar surface area (TPSA) is 49.8 Å². The highest BCUT2D eigenvalue weighted by atomic mass is 16.6. The first-order valence-corrected chi connectivity index (χ1v) is 5.27. The number of carbonyl (C=O) groups excluding carboxylic acids is 1. The highest BCUT2D eigenvalue weighted by Gasteiger charge is 2.24. The van der Waals surface area contributed by atoms with Crippen molar-refractivity contribution >= 4 is 6.09 Å². The van der Waals surface area contributed by atoms with Gasteiger partial charge >= 0.3 is 6.09 Å². The lowest BCUT2D eigenvalue weighted by Gasteiger charge is -2.28. The molecule has 0 aromatic carbocycles. The molecule has 1 amide bonds. The summed E-state index contributed by atoms with van der Waals surface area (Å²) in [6.07, 6.45) is 6.36. The van der Waals surface area contributed by atoms with Gasteiger partial charge in [-0.2, -0.15) is 0 Å². The van der Waals surface area contributed by atoms with Crippen LogP contribution in [0.3, 0.4) is 0 Å². The average molecular weight is 225 g/mol. The monoisotopic (exact) mass is 225 g/mol. The van der Waals surface area contributed by atoms with E-state index in [-0.39, 0.29) is 6.61 Å². The maximum atomic E-state index is 11.7. The number of nitrogens with zero attached hydrogens (tertiary/aromatic N) is 1. The van der Waals surface area contributed by atoms with E-state index in [1.165, 1.54) is 4.90 Å². The van der Waals surface area contributed by atoms with Crippen LogP contribution in [0.15, 0.2) is 24.6 Å². The van der Waals surface area contributed by atoms with Crippen molar-refractivity contribution in [2.75, 3.05) is 6.61 Å². The van der Waals surface area contributed by atoms with Gasteiger partial charge in [0.2, 0.25) is 0 Å². The minimum absolute atomic E-state index is 0.0160. The Bertz CT molecular complexity index is 312. The first-order chi connectivity index (χ1) is 7.26. The second kappa shape index (κ2) is 4.29. The molecular formula is C12H19NO3. The minimum atomic E-state index is -0.503. The Labute approximate surface area is 96.2 Å². The highest BCUT2D eigenvalue weighted by molar-refractivity contribution is 5.71. The van der Waals surface area contributed by atoms with Crippen LogP contribution in [-0.2, 0) is 4.74 Å². The molecule has 0 aromatic rings. The lowest BCUT2D eigenvalue weighted by atomic mass is 9.90. The average Bonchev–Trinajstić information content (AvgIpc) is 2.16. The summed E-state index contributed by atoms with van der Waals surface area (Å²) in [5.74, 6) is 0. The van der Waals surface area contributed by atoms with Crippen molar-refractivity contribution in [3.8, 4) is 0 Å². The molecule has 0 bridgehead atoms. The predicted molar refractivity (Wildman–Crippen MR) is 61.5 cm³/mol. The van der Waals surface area contributed by atoms with E-state index in [4.69, 9.17) is 9.84 Å². The number of hydrogen-bond donors (Lipinski definition) is 1. The van der Waals surface area contributed by atoms with Gasteiger partial charge in [0.1, 0.15) is 5.60 Å². The molecule has 0 spiro atoms. The van der Waals surface area contributed by atoms with E-state index in [2.05, 4.69) is 0 Å². The molecule has 0 aliphatic carbocycles. The Balaban J connectivity index is 2.64. The summed E-state index contributed by atoms with van der Waals surface area (Å²) in [7, 11) is 0. The number of hydrogen-bond acceptors (Lipinski definition) is 3. The van der Waals surface area contributed by atoms with Crippen LogP contribution < -0.4 is 0 Å². The maximum absolute atomic E-state index is 11.7. The molecule has 1 rings (SSSR count). The van der Waals surface area contributed by atoms with Crippen LogP contribution in [0.25, 0.3) is 0 Å². The fourth-order valence-electron chi connectivity index (χ4n) is 1.15. The number of aliphatic hydroxyl groups is 1. The van der Waals surface area contributed by atoms with Crippen LogP contribution >= 0.6 is 0 Å². The van der Waals surface area contributed by atoms with Gasteiger partial charge in [-0.05, 0) is 20.8 Å². The van der Waals surface area contributed by atoms with E-state index in [9.17, 15) is 4.79 Å². The molecule has 0 radical (unpaired) electrons. The third-order valence-corrected chi connectivity index (χ3v) is 2.18. The van der Waals surface area contributed by atoms with Crippen molar-refractivity contribution < 1.29 is 14.6 Å². The molecule has 0 atom stereocenters. The lowest BCUT2D eigenvalue weighted by Crippen LogP contribution is -2.33. The lowest BCUT2D eigenvalue weighted by molar-refractivity contribution is 0.0392. The molecule has 4 heteroatoms. The molecule has 1 aliphatic heterocycles. The molecule has 90 valence electrons. The van der Waals surface area contributed by atoms with Gasteiger partial charge in [0, 0.05) is 17.8 Å². The van der Waals surface area contributed by atoms with Gasteiger partial charge in [-0.25, -0.2) is 4.79 Å². The van der Waals surface area contributed by atoms with Gasteiger partial charge in [-0.15, -0.1) is 0 Å². The molecular weight excluding hydrogens is 206 g/mol. The fraction of sp³-hybridized carbons (Fsp3) is 0.583. The summed E-state index contributed by atoms with van der Waals surface area (Å²) >= 11 is 0. The largest absolute Gasteiger partial charge is 0.443 e. The quantitative estimate of drug-likeness (QED) is 0.744. The Morgan fingerprint density at radius 1 is 1.38 bits per heavy atom. The Hall–Kier alpha value is -1.29. The van der Waals surface area contributed by atoms with Gasteiger partial charge in [-0.3, -0.25) is 4.90 Å². The van der Waals surface area contributed by atoms with Crippen LogP contribution in [0.5, 0.6) is 0 Å². The minimum Gasteiger partial charge on any atom is -0.443 e. The molecule has 0 fully saturated rings. The maximum Gasteiger partial charge on any atom is 0.418 e. The van der Waals surface area contributed by atoms with Crippen LogP contribution in [-0.4, -0.2) is 28.3 Å². The van der Waals surface area contributed by atoms with Crippen LogP contribution in [0, 0.1) is 5.41 Å². The Kier molecular flexibility index (Phi) is 3.43. The predicted octanol–water partition coefficient (Wildman–Crippen LogP) is 2.26. The normalized spacial score (nSPS) is 18.7. The zero-order chi connectivity index (χ0) is 12.4. The van der Waals surface area contributed by atoms with Crippen molar-refractivity contribution in [1.29, 1.82) is 0 Å². The van der Waals surface area contributed by atoms with Gasteiger partial charge < -0.3 is 9.84 Å². The number of aliphatic hydroxyl groups excluding tert-OH is 1. The molecule has 1 N–H and O–H groups in total. The van der Waals surface area contributed by atoms with Gasteiger partial charge in [0.15, 0.2) is 0 Å². The van der Waals surface area contributed by atoms with Gasteiger partial charge in [0.25, 0.3) is 0 Å². The van der Waals surface area contributed by atoms with Crippen LogP contribution in [0.2, 0.25) is 0 Å². The van der Waals surface area contributed by atoms with E-state index < -0.39 is 17.1 Å². The van der Waals surface area contributed by atoms with E-state index in [1.54, 1.807) is 24.6 Å². The highest BCUT2D eigenvalue weighted by Crippen LogP contribution is 2.24. The Morgan fingerprint density at radius 3 is 2.25 bits per heavy atom. The summed E-state index contributed by atoms with van der Waals surface area (Å²) in [6.45, 7) is 7.36. The first-order valence-electron chi connectivity index (χ1n) is 5.27. The van der Waals surface area contributed by atoms with E-state index in [0.717, 1.165) is 0 Å². The molecule has 16 heavy (non-hydrogen) atoms. The smallest absolute Gasteiger partial charge is 0.418 e. The molecule has 0 unspecified atom stereocenters. The summed E-state index contributed by atoms with van der Waals surface area (Å²) < 4.78 is 5.20. The third-order valence-electron chi connectivity index (χ3n) is 2.18. The van der Waals surface area contributed by atoms with E-state index in [0.29, 0.717) is 0 Å². The van der Waals surface area contributed by atoms with Gasteiger partial charge in [0.05, 0.1) is 6.61 Å². The summed E-state index contributed by atoms with van der Waals surface area (Å²) in [5, 5.41) is 9.12. The van der Waals surface area contributed by atoms with Crippen LogP contribution in [0.1, 0.15) is 27.7 Å². The van der Waals surface area contributed by atoms with Crippen molar-refractivity contribution in [2.24, 2.45) is 5.41 Å². The van der Waals surface area contributed by atoms with Crippen molar-refractivity contribution in [1.82, 2.24) is 4.90 Å². The second-order valence-electron chi connectivity index (χ2n) is 5.18. The number of amides is 1. The molecule has 0 aromatic heterocycles. The first kappa shape index (κ1) is 12.8. The fourth-order valence-corrected chi connectivity index (χ4v) is 1.15. The molecule has 0 saturated heterocycles. The Morgan fingerprint density at radius 2 is 1.88 bits per heavy atom. The van der Waals surface area contributed by atoms with Crippen molar-refractivity contribution in [3.05, 3.63) is 24.6 Å². The van der Waals surface area contributed by atoms with Gasteiger partial charge in [-0.1, -0.05) is 19.1 Å². The number of carbonyl (C=O) groups is 1. The van der Waals surface area contributed by atoms with E-state index in [1.807, 2.05) is 27.7 Å². The molecule has 1 aliphatic rings. The zero-order valence-corrected chi connectivity index (χ0v) is 10.2. The molecule has 0 saturated carbocycles. The van der Waals surface area contributed by atoms with E-state index >= 15 is 0 Å². The summed E-state index contributed by atoms with van der Waals surface area (Å²) in [4.78, 5) is 13.0. The second-order valence-corrected chi connectivity index (χ2v) is 5.18. The SMILES string of the molecule is CC1(CO)C=CN(C(=O)OC(C)(C)C)C=C1. The van der Waals surface area contributed by atoms with Crippen molar-refractivity contribution in [3.63, 3.8) is 0 Å². The summed E-state index contributed by atoms with van der Waals surface area (Å²) in [6, 6.07) is 0. The molecule has 1 heterocycles. The zero-order valence-electron chi connectivity index (χ0n) is 10.2.